The summed E-state index contributed by atoms with van der Waals surface area (Å²) >= 11 is 0. The van der Waals surface area contributed by atoms with Crippen molar-refractivity contribution in [1.82, 2.24) is 14.8 Å². The van der Waals surface area contributed by atoms with Gasteiger partial charge in [0.05, 0.1) is 19.3 Å². The summed E-state index contributed by atoms with van der Waals surface area (Å²) in [5.74, 6) is -1.84. The van der Waals surface area contributed by atoms with E-state index in [0.29, 0.717) is 37.4 Å². The van der Waals surface area contributed by atoms with Crippen molar-refractivity contribution in [3.8, 4) is 0 Å². The molecule has 2 N–H and O–H groups in total. The van der Waals surface area contributed by atoms with E-state index in [1.165, 1.54) is 0 Å². The van der Waals surface area contributed by atoms with E-state index in [9.17, 15) is 14.7 Å². The Hall–Kier alpha value is -2.64. The molecule has 2 unspecified atom stereocenters. The minimum Gasteiger partial charge on any atom is -0.481 e. The number of rotatable bonds is 5. The van der Waals surface area contributed by atoms with Gasteiger partial charge in [-0.1, -0.05) is 18.2 Å². The third kappa shape index (κ3) is 3.36. The molecule has 1 fully saturated rings. The molecule has 2 aliphatic heterocycles. The topological polar surface area (TPSA) is 85.9 Å². The molecule has 2 aliphatic rings. The second-order valence-electron chi connectivity index (χ2n) is 6.93. The van der Waals surface area contributed by atoms with Crippen LogP contribution < -0.4 is 0 Å². The maximum absolute atomic E-state index is 13.2. The van der Waals surface area contributed by atoms with E-state index >= 15 is 0 Å². The van der Waals surface area contributed by atoms with Crippen LogP contribution in [0.15, 0.2) is 42.6 Å². The predicted octanol–water partition coefficient (Wildman–Crippen LogP) is 1.71. The minimum atomic E-state index is -0.925. The maximum atomic E-state index is 13.2. The van der Waals surface area contributed by atoms with Crippen molar-refractivity contribution in [2.45, 2.75) is 12.0 Å². The highest BCUT2D eigenvalue weighted by Crippen LogP contribution is 2.42. The molecule has 0 radical (unpaired) electrons. The number of carbonyl (C=O) groups is 2. The molecule has 27 heavy (non-hydrogen) atoms. The van der Waals surface area contributed by atoms with Gasteiger partial charge in [0.1, 0.15) is 5.92 Å². The van der Waals surface area contributed by atoms with Crippen molar-refractivity contribution < 1.29 is 19.4 Å². The molecule has 0 saturated carbocycles. The number of morpholine rings is 1. The number of fused-ring (bicyclic) bond motifs is 1. The van der Waals surface area contributed by atoms with Gasteiger partial charge in [0.2, 0.25) is 0 Å². The van der Waals surface area contributed by atoms with Gasteiger partial charge in [-0.15, -0.1) is 0 Å². The van der Waals surface area contributed by atoms with E-state index in [0.717, 1.165) is 18.8 Å². The zero-order valence-electron chi connectivity index (χ0n) is 15.0. The van der Waals surface area contributed by atoms with Crippen LogP contribution in [0.1, 0.15) is 33.6 Å². The molecule has 4 rings (SSSR count). The highest BCUT2D eigenvalue weighted by atomic mass is 16.5. The van der Waals surface area contributed by atoms with Gasteiger partial charge in [0, 0.05) is 43.6 Å². The molecule has 0 bridgehead atoms. The van der Waals surface area contributed by atoms with Crippen molar-refractivity contribution >= 4 is 11.9 Å². The standard InChI is InChI=1S/C20H23N3O4/c24-19-15-5-2-1-4-14(15)17(20(25)26)18(16-6-3-7-21-16)23(19)9-8-22-10-12-27-13-11-22/h1-7,17-18,21H,8-13H2,(H,25,26). The van der Waals surface area contributed by atoms with Crippen LogP contribution in [0.2, 0.25) is 0 Å². The van der Waals surface area contributed by atoms with Crippen LogP contribution in [-0.4, -0.2) is 71.2 Å². The summed E-state index contributed by atoms with van der Waals surface area (Å²) in [6.07, 6.45) is 1.76. The second-order valence-corrected chi connectivity index (χ2v) is 6.93. The molecule has 2 aromatic rings. The van der Waals surface area contributed by atoms with Gasteiger partial charge >= 0.3 is 5.97 Å². The van der Waals surface area contributed by atoms with Crippen LogP contribution in [0.25, 0.3) is 0 Å². The van der Waals surface area contributed by atoms with Gasteiger partial charge in [0.25, 0.3) is 5.91 Å². The lowest BCUT2D eigenvalue weighted by Crippen LogP contribution is -2.49. The molecular weight excluding hydrogens is 346 g/mol. The van der Waals surface area contributed by atoms with Crippen LogP contribution in [0, 0.1) is 0 Å². The molecule has 2 atom stereocenters. The number of hydrogen-bond donors (Lipinski definition) is 2. The number of benzene rings is 1. The first-order valence-electron chi connectivity index (χ1n) is 9.23. The molecule has 1 amide bonds. The number of nitrogens with zero attached hydrogens (tertiary/aromatic N) is 2. The Labute approximate surface area is 157 Å². The smallest absolute Gasteiger partial charge is 0.313 e. The number of H-pyrrole nitrogens is 1. The Kier molecular flexibility index (Phi) is 4.96. The van der Waals surface area contributed by atoms with Gasteiger partial charge in [-0.05, 0) is 23.8 Å². The van der Waals surface area contributed by atoms with E-state index in [-0.39, 0.29) is 5.91 Å². The van der Waals surface area contributed by atoms with E-state index in [4.69, 9.17) is 4.74 Å². The molecule has 1 saturated heterocycles. The Bertz CT molecular complexity index is 814. The number of carboxylic acid groups (broad SMARTS) is 1. The van der Waals surface area contributed by atoms with Crippen molar-refractivity contribution in [2.75, 3.05) is 39.4 Å². The molecular formula is C20H23N3O4. The van der Waals surface area contributed by atoms with Gasteiger partial charge in [-0.3, -0.25) is 14.5 Å². The normalized spacial score (nSPS) is 23.3. The van der Waals surface area contributed by atoms with Crippen molar-refractivity contribution in [3.05, 3.63) is 59.4 Å². The number of aromatic nitrogens is 1. The number of hydrogen-bond acceptors (Lipinski definition) is 4. The summed E-state index contributed by atoms with van der Waals surface area (Å²) in [6.45, 7) is 4.20. The summed E-state index contributed by atoms with van der Waals surface area (Å²) in [7, 11) is 0. The summed E-state index contributed by atoms with van der Waals surface area (Å²) < 4.78 is 5.38. The fourth-order valence-electron chi connectivity index (χ4n) is 4.05. The molecule has 7 heteroatoms. The van der Waals surface area contributed by atoms with Crippen LogP contribution >= 0.6 is 0 Å². The SMILES string of the molecule is O=C(O)C1c2ccccc2C(=O)N(CCN2CCOCC2)C1c1ccc[nH]1. The number of ether oxygens (including phenoxy) is 1. The highest BCUT2D eigenvalue weighted by Gasteiger charge is 2.44. The number of nitrogens with one attached hydrogen (secondary N) is 1. The predicted molar refractivity (Wildman–Crippen MR) is 98.6 cm³/mol. The molecule has 0 spiro atoms. The lowest BCUT2D eigenvalue weighted by molar-refractivity contribution is -0.140. The van der Waals surface area contributed by atoms with Gasteiger partial charge in [-0.25, -0.2) is 0 Å². The molecule has 7 nitrogen and oxygen atoms in total. The van der Waals surface area contributed by atoms with E-state index in [1.54, 1.807) is 35.4 Å². The first-order chi connectivity index (χ1) is 13.2. The number of aromatic amines is 1. The Morgan fingerprint density at radius 1 is 1.15 bits per heavy atom. The molecule has 3 heterocycles. The second kappa shape index (κ2) is 7.54. The molecule has 142 valence electrons. The number of carbonyl (C=O) groups excluding carboxylic acids is 1. The lowest BCUT2D eigenvalue weighted by atomic mass is 9.81. The largest absolute Gasteiger partial charge is 0.481 e. The first kappa shape index (κ1) is 17.8. The summed E-state index contributed by atoms with van der Waals surface area (Å²) in [4.78, 5) is 32.5. The lowest BCUT2D eigenvalue weighted by Gasteiger charge is -2.41. The Morgan fingerprint density at radius 2 is 1.93 bits per heavy atom. The minimum absolute atomic E-state index is 0.115. The Balaban J connectivity index is 1.70. The number of aliphatic carboxylic acids is 1. The first-order valence-corrected chi connectivity index (χ1v) is 9.23. The third-order valence-corrected chi connectivity index (χ3v) is 5.41. The fraction of sp³-hybridized carbons (Fsp3) is 0.400. The monoisotopic (exact) mass is 369 g/mol. The van der Waals surface area contributed by atoms with Crippen LogP contribution in [0.4, 0.5) is 0 Å². The summed E-state index contributed by atoms with van der Waals surface area (Å²) in [6, 6.07) is 10.2. The van der Waals surface area contributed by atoms with Gasteiger partial charge in [-0.2, -0.15) is 0 Å². The zero-order chi connectivity index (χ0) is 18.8. The van der Waals surface area contributed by atoms with Crippen LogP contribution in [-0.2, 0) is 9.53 Å². The average Bonchev–Trinajstić information content (AvgIpc) is 3.22. The van der Waals surface area contributed by atoms with E-state index in [2.05, 4.69) is 9.88 Å². The van der Waals surface area contributed by atoms with Crippen LogP contribution in [0.5, 0.6) is 0 Å². The number of amides is 1. The van der Waals surface area contributed by atoms with Crippen LogP contribution in [0.3, 0.4) is 0 Å². The third-order valence-electron chi connectivity index (χ3n) is 5.41. The van der Waals surface area contributed by atoms with E-state index < -0.39 is 17.9 Å². The van der Waals surface area contributed by atoms with Gasteiger partial charge < -0.3 is 19.7 Å². The summed E-state index contributed by atoms with van der Waals surface area (Å²) in [5.41, 5.74) is 1.80. The number of carboxylic acids is 1. The molecule has 0 aliphatic carbocycles. The van der Waals surface area contributed by atoms with Crippen molar-refractivity contribution in [1.29, 1.82) is 0 Å². The Morgan fingerprint density at radius 3 is 2.63 bits per heavy atom. The quantitative estimate of drug-likeness (QED) is 0.838. The van der Waals surface area contributed by atoms with Crippen molar-refractivity contribution in [3.63, 3.8) is 0 Å². The fourth-order valence-corrected chi connectivity index (χ4v) is 4.05. The molecule has 1 aromatic carbocycles. The highest BCUT2D eigenvalue weighted by molar-refractivity contribution is 6.00. The maximum Gasteiger partial charge on any atom is 0.313 e. The van der Waals surface area contributed by atoms with E-state index in [1.807, 2.05) is 12.1 Å². The molecule has 1 aromatic heterocycles. The van der Waals surface area contributed by atoms with Gasteiger partial charge in [0.15, 0.2) is 0 Å². The summed E-state index contributed by atoms with van der Waals surface area (Å²) in [5, 5.41) is 10.00. The van der Waals surface area contributed by atoms with Crippen molar-refractivity contribution in [2.24, 2.45) is 0 Å². The average molecular weight is 369 g/mol. The zero-order valence-corrected chi connectivity index (χ0v) is 15.0.